The van der Waals surface area contributed by atoms with E-state index in [1.165, 1.54) is 5.56 Å². The number of nitrogen functional groups attached to an aromatic ring is 1. The van der Waals surface area contributed by atoms with Crippen molar-refractivity contribution >= 4 is 22.4 Å². The van der Waals surface area contributed by atoms with Gasteiger partial charge in [-0.1, -0.05) is 36.4 Å². The minimum Gasteiger partial charge on any atom is -0.382 e. The summed E-state index contributed by atoms with van der Waals surface area (Å²) in [7, 11) is 0. The predicted molar refractivity (Wildman–Crippen MR) is 92.7 cm³/mol. The maximum Gasteiger partial charge on any atom is 0.155 e. The lowest BCUT2D eigenvalue weighted by Crippen LogP contribution is -2.36. The summed E-state index contributed by atoms with van der Waals surface area (Å²) < 4.78 is 7.44. The molecule has 5 nitrogen and oxygen atoms in total. The molecule has 1 aliphatic heterocycles. The summed E-state index contributed by atoms with van der Waals surface area (Å²) in [5.74, 6) is 0.595. The van der Waals surface area contributed by atoms with Crippen LogP contribution in [0.5, 0.6) is 0 Å². The van der Waals surface area contributed by atoms with E-state index in [0.29, 0.717) is 5.82 Å². The molecule has 1 aromatic heterocycles. The fourth-order valence-electron chi connectivity index (χ4n) is 3.18. The average Bonchev–Trinajstić information content (AvgIpc) is 2.93. The molecular formula is C18H20N4O. The third kappa shape index (κ3) is 2.64. The molecule has 2 heterocycles. The fourth-order valence-corrected chi connectivity index (χ4v) is 3.18. The molecule has 1 aliphatic rings. The number of hydrogen-bond donors (Lipinski definition) is 1. The summed E-state index contributed by atoms with van der Waals surface area (Å²) in [4.78, 5) is 2.33. The summed E-state index contributed by atoms with van der Waals surface area (Å²) in [6.45, 7) is 4.02. The van der Waals surface area contributed by atoms with Gasteiger partial charge in [0.1, 0.15) is 0 Å². The maximum atomic E-state index is 6.25. The molecule has 0 atom stereocenters. The maximum absolute atomic E-state index is 6.25. The van der Waals surface area contributed by atoms with Crippen LogP contribution in [-0.4, -0.2) is 36.1 Å². The molecule has 0 amide bonds. The normalized spacial score (nSPS) is 15.2. The van der Waals surface area contributed by atoms with Crippen molar-refractivity contribution in [2.24, 2.45) is 0 Å². The van der Waals surface area contributed by atoms with Crippen molar-refractivity contribution in [3.63, 3.8) is 0 Å². The van der Waals surface area contributed by atoms with Gasteiger partial charge in [0.15, 0.2) is 5.82 Å². The smallest absolute Gasteiger partial charge is 0.155 e. The number of benzene rings is 2. The van der Waals surface area contributed by atoms with Gasteiger partial charge in [0, 0.05) is 13.1 Å². The van der Waals surface area contributed by atoms with Gasteiger partial charge in [0.2, 0.25) is 0 Å². The monoisotopic (exact) mass is 308 g/mol. The third-order valence-corrected chi connectivity index (χ3v) is 4.31. The zero-order valence-electron chi connectivity index (χ0n) is 13.0. The highest BCUT2D eigenvalue weighted by atomic mass is 16.5. The Labute approximate surface area is 135 Å². The van der Waals surface area contributed by atoms with Crippen LogP contribution < -0.4 is 10.6 Å². The molecule has 2 aromatic carbocycles. The molecule has 2 N–H and O–H groups in total. The zero-order valence-corrected chi connectivity index (χ0v) is 13.0. The van der Waals surface area contributed by atoms with Crippen LogP contribution in [0.3, 0.4) is 0 Å². The van der Waals surface area contributed by atoms with Crippen molar-refractivity contribution in [3.05, 3.63) is 54.1 Å². The van der Waals surface area contributed by atoms with Crippen molar-refractivity contribution in [2.75, 3.05) is 36.9 Å². The van der Waals surface area contributed by atoms with Gasteiger partial charge in [0.05, 0.1) is 36.3 Å². The molecule has 23 heavy (non-hydrogen) atoms. The molecule has 5 heteroatoms. The molecule has 4 rings (SSSR count). The highest BCUT2D eigenvalue weighted by molar-refractivity contribution is 6.00. The highest BCUT2D eigenvalue weighted by Crippen LogP contribution is 2.32. The standard InChI is InChI=1S/C18H20N4O/c19-18-17-15(21-9-11-23-12-10-21)7-4-8-16(17)22(20-18)13-14-5-2-1-3-6-14/h1-8H,9-13H2,(H2,19,20). The predicted octanol–water partition coefficient (Wildman–Crippen LogP) is 2.50. The van der Waals surface area contributed by atoms with Crippen molar-refractivity contribution < 1.29 is 4.74 Å². The molecule has 1 fully saturated rings. The van der Waals surface area contributed by atoms with Gasteiger partial charge in [-0.25, -0.2) is 0 Å². The summed E-state index contributed by atoms with van der Waals surface area (Å²) in [5, 5.41) is 5.62. The molecule has 3 aromatic rings. The van der Waals surface area contributed by atoms with E-state index in [1.54, 1.807) is 0 Å². The number of aromatic nitrogens is 2. The number of hydrogen-bond acceptors (Lipinski definition) is 4. The summed E-state index contributed by atoms with van der Waals surface area (Å²) in [6.07, 6.45) is 0. The van der Waals surface area contributed by atoms with E-state index in [9.17, 15) is 0 Å². The van der Waals surface area contributed by atoms with Crippen LogP contribution >= 0.6 is 0 Å². The first-order valence-corrected chi connectivity index (χ1v) is 7.94. The highest BCUT2D eigenvalue weighted by Gasteiger charge is 2.18. The minimum absolute atomic E-state index is 0.595. The first kappa shape index (κ1) is 14.1. The van der Waals surface area contributed by atoms with Gasteiger partial charge in [-0.15, -0.1) is 0 Å². The van der Waals surface area contributed by atoms with Gasteiger partial charge >= 0.3 is 0 Å². The van der Waals surface area contributed by atoms with Gasteiger partial charge in [0.25, 0.3) is 0 Å². The van der Waals surface area contributed by atoms with Crippen LogP contribution in [-0.2, 0) is 11.3 Å². The van der Waals surface area contributed by atoms with Crippen molar-refractivity contribution in [1.82, 2.24) is 9.78 Å². The molecule has 0 radical (unpaired) electrons. The third-order valence-electron chi connectivity index (χ3n) is 4.31. The van der Waals surface area contributed by atoms with Crippen LogP contribution in [0.4, 0.5) is 11.5 Å². The van der Waals surface area contributed by atoms with E-state index in [1.807, 2.05) is 22.9 Å². The Kier molecular flexibility index (Phi) is 3.63. The molecule has 0 saturated carbocycles. The lowest BCUT2D eigenvalue weighted by molar-refractivity contribution is 0.123. The molecule has 0 bridgehead atoms. The van der Waals surface area contributed by atoms with Gasteiger partial charge in [-0.2, -0.15) is 5.10 Å². The molecular weight excluding hydrogens is 288 g/mol. The van der Waals surface area contributed by atoms with E-state index in [0.717, 1.165) is 49.4 Å². The minimum atomic E-state index is 0.595. The lowest BCUT2D eigenvalue weighted by Gasteiger charge is -2.29. The van der Waals surface area contributed by atoms with E-state index in [4.69, 9.17) is 10.5 Å². The lowest BCUT2D eigenvalue weighted by atomic mass is 10.1. The molecule has 118 valence electrons. The summed E-state index contributed by atoms with van der Waals surface area (Å²) in [6, 6.07) is 16.6. The number of nitrogens with two attached hydrogens (primary N) is 1. The Bertz CT molecular complexity index is 807. The molecule has 0 aliphatic carbocycles. The molecule has 0 unspecified atom stereocenters. The van der Waals surface area contributed by atoms with Gasteiger partial charge < -0.3 is 15.4 Å². The topological polar surface area (TPSA) is 56.3 Å². The van der Waals surface area contributed by atoms with Crippen LogP contribution in [0.1, 0.15) is 5.56 Å². The summed E-state index contributed by atoms with van der Waals surface area (Å²) in [5.41, 5.74) is 9.70. The Hall–Kier alpha value is -2.53. The second kappa shape index (κ2) is 5.93. The zero-order chi connectivity index (χ0) is 15.6. The number of anilines is 2. The van der Waals surface area contributed by atoms with Crippen molar-refractivity contribution in [3.8, 4) is 0 Å². The Balaban J connectivity index is 1.76. The Morgan fingerprint density at radius 1 is 1.00 bits per heavy atom. The van der Waals surface area contributed by atoms with Crippen LogP contribution in [0.2, 0.25) is 0 Å². The average molecular weight is 308 g/mol. The number of ether oxygens (including phenoxy) is 1. The summed E-state index contributed by atoms with van der Waals surface area (Å²) >= 11 is 0. The Morgan fingerprint density at radius 3 is 2.57 bits per heavy atom. The van der Waals surface area contributed by atoms with Gasteiger partial charge in [-0.05, 0) is 17.7 Å². The molecule has 0 spiro atoms. The van der Waals surface area contributed by atoms with E-state index in [-0.39, 0.29) is 0 Å². The number of morpholine rings is 1. The van der Waals surface area contributed by atoms with Gasteiger partial charge in [-0.3, -0.25) is 4.68 Å². The first-order chi connectivity index (χ1) is 11.3. The van der Waals surface area contributed by atoms with E-state index >= 15 is 0 Å². The van der Waals surface area contributed by atoms with Crippen molar-refractivity contribution in [1.29, 1.82) is 0 Å². The second-order valence-corrected chi connectivity index (χ2v) is 5.80. The largest absolute Gasteiger partial charge is 0.382 e. The Morgan fingerprint density at radius 2 is 1.78 bits per heavy atom. The first-order valence-electron chi connectivity index (χ1n) is 7.94. The fraction of sp³-hybridized carbons (Fsp3) is 0.278. The van der Waals surface area contributed by atoms with E-state index < -0.39 is 0 Å². The second-order valence-electron chi connectivity index (χ2n) is 5.80. The van der Waals surface area contributed by atoms with Crippen molar-refractivity contribution in [2.45, 2.75) is 6.54 Å². The quantitative estimate of drug-likeness (QED) is 0.808. The number of rotatable bonds is 3. The number of nitrogens with zero attached hydrogens (tertiary/aromatic N) is 3. The number of fused-ring (bicyclic) bond motifs is 1. The van der Waals surface area contributed by atoms with Crippen LogP contribution in [0, 0.1) is 0 Å². The van der Waals surface area contributed by atoms with Crippen LogP contribution in [0.25, 0.3) is 10.9 Å². The van der Waals surface area contributed by atoms with Crippen LogP contribution in [0.15, 0.2) is 48.5 Å². The van der Waals surface area contributed by atoms with E-state index in [2.05, 4.69) is 40.3 Å². The molecule has 1 saturated heterocycles. The SMILES string of the molecule is Nc1nn(Cc2ccccc2)c2cccc(N3CCOCC3)c12.